The number of thiophene rings is 1. The number of aliphatic hydroxyl groups excluding tert-OH is 1. The lowest BCUT2D eigenvalue weighted by Gasteiger charge is -2.01. The molecule has 0 bridgehead atoms. The molecule has 2 nitrogen and oxygen atoms in total. The molecule has 0 aliphatic heterocycles. The molecule has 0 radical (unpaired) electrons. The van der Waals surface area contributed by atoms with E-state index >= 15 is 0 Å². The molecule has 0 saturated heterocycles. The Morgan fingerprint density at radius 2 is 2.29 bits per heavy atom. The van der Waals surface area contributed by atoms with E-state index < -0.39 is 0 Å². The molecule has 14 heavy (non-hydrogen) atoms. The molecule has 0 aliphatic rings. The van der Waals surface area contributed by atoms with Gasteiger partial charge in [-0.3, -0.25) is 4.79 Å². The van der Waals surface area contributed by atoms with E-state index in [9.17, 15) is 9.90 Å². The molecule has 0 unspecified atom stereocenters. The number of benzene rings is 1. The first-order valence-corrected chi connectivity index (χ1v) is 5.16. The normalized spacial score (nSPS) is 10.7. The van der Waals surface area contributed by atoms with E-state index in [1.165, 1.54) is 4.88 Å². The van der Waals surface area contributed by atoms with Crippen molar-refractivity contribution in [1.29, 1.82) is 0 Å². The van der Waals surface area contributed by atoms with Crippen LogP contribution in [0.1, 0.15) is 20.8 Å². The number of hydrogen-bond acceptors (Lipinski definition) is 3. The highest BCUT2D eigenvalue weighted by Gasteiger charge is 2.08. The highest BCUT2D eigenvalue weighted by Crippen LogP contribution is 2.30. The summed E-state index contributed by atoms with van der Waals surface area (Å²) in [5.41, 5.74) is 1.33. The zero-order valence-electron chi connectivity index (χ0n) is 7.78. The molecule has 0 aliphatic carbocycles. The summed E-state index contributed by atoms with van der Waals surface area (Å²) in [4.78, 5) is 11.9. The molecule has 0 saturated carbocycles. The predicted octanol–water partition coefficient (Wildman–Crippen LogP) is 2.51. The van der Waals surface area contributed by atoms with Crippen LogP contribution in [-0.4, -0.2) is 11.4 Å². The van der Waals surface area contributed by atoms with Gasteiger partial charge in [0.25, 0.3) is 0 Å². The molecule has 1 aromatic heterocycles. The molecular weight excluding hydrogens is 196 g/mol. The van der Waals surface area contributed by atoms with Gasteiger partial charge in [0.15, 0.2) is 0 Å². The monoisotopic (exact) mass is 206 g/mol. The summed E-state index contributed by atoms with van der Waals surface area (Å²) in [5, 5.41) is 10.3. The molecule has 3 heteroatoms. The third-order valence-corrected chi connectivity index (χ3v) is 3.36. The van der Waals surface area contributed by atoms with Gasteiger partial charge >= 0.3 is 0 Å². The zero-order valence-corrected chi connectivity index (χ0v) is 8.60. The highest BCUT2D eigenvalue weighted by molar-refractivity contribution is 7.19. The second-order valence-corrected chi connectivity index (χ2v) is 4.44. The Morgan fingerprint density at radius 1 is 1.50 bits per heavy atom. The Hall–Kier alpha value is -1.19. The summed E-state index contributed by atoms with van der Waals surface area (Å²) >= 11 is 1.61. The van der Waals surface area contributed by atoms with Gasteiger partial charge in [-0.25, -0.2) is 0 Å². The van der Waals surface area contributed by atoms with Crippen LogP contribution < -0.4 is 0 Å². The first-order chi connectivity index (χ1) is 6.76. The lowest BCUT2D eigenvalue weighted by molar-refractivity contribution is 0.112. The lowest BCUT2D eigenvalue weighted by atomic mass is 10.1. The molecule has 1 aromatic carbocycles. The maximum Gasteiger partial charge on any atom is 0.150 e. The van der Waals surface area contributed by atoms with Crippen LogP contribution in [0.3, 0.4) is 0 Å². The Kier molecular flexibility index (Phi) is 2.35. The number of carbonyl (C=O) groups is 1. The van der Waals surface area contributed by atoms with E-state index in [2.05, 4.69) is 6.07 Å². The lowest BCUT2D eigenvalue weighted by Crippen LogP contribution is -1.91. The third kappa shape index (κ3) is 1.35. The predicted molar refractivity (Wildman–Crippen MR) is 57.9 cm³/mol. The minimum Gasteiger partial charge on any atom is -0.392 e. The minimum atomic E-state index is -0.0780. The smallest absolute Gasteiger partial charge is 0.150 e. The first-order valence-electron chi connectivity index (χ1n) is 4.34. The van der Waals surface area contributed by atoms with Crippen LogP contribution >= 0.6 is 11.3 Å². The first kappa shape index (κ1) is 9.37. The van der Waals surface area contributed by atoms with E-state index in [-0.39, 0.29) is 6.61 Å². The van der Waals surface area contributed by atoms with Crippen LogP contribution in [0.5, 0.6) is 0 Å². The SMILES string of the molecule is Cc1cc2ccc(C=O)c(CO)c2s1. The van der Waals surface area contributed by atoms with Gasteiger partial charge in [-0.1, -0.05) is 12.1 Å². The molecule has 2 rings (SSSR count). The Labute approximate surface area is 85.8 Å². The molecule has 1 N–H and O–H groups in total. The van der Waals surface area contributed by atoms with Crippen LogP contribution in [-0.2, 0) is 6.61 Å². The second-order valence-electron chi connectivity index (χ2n) is 3.18. The van der Waals surface area contributed by atoms with E-state index in [1.54, 1.807) is 17.4 Å². The highest BCUT2D eigenvalue weighted by atomic mass is 32.1. The number of aliphatic hydroxyl groups is 1. The fourth-order valence-electron chi connectivity index (χ4n) is 1.58. The van der Waals surface area contributed by atoms with Gasteiger partial charge in [-0.2, -0.15) is 0 Å². The standard InChI is InChI=1S/C11H10O2S/c1-7-4-8-2-3-9(5-12)10(6-13)11(8)14-7/h2-5,13H,6H2,1H3. The van der Waals surface area contributed by atoms with E-state index in [1.807, 2.05) is 13.0 Å². The Bertz CT molecular complexity index is 485. The van der Waals surface area contributed by atoms with Crippen LogP contribution in [0.2, 0.25) is 0 Å². The zero-order chi connectivity index (χ0) is 10.1. The summed E-state index contributed by atoms with van der Waals surface area (Å²) in [6, 6.07) is 5.74. The number of hydrogen-bond donors (Lipinski definition) is 1. The van der Waals surface area contributed by atoms with Gasteiger partial charge in [0.05, 0.1) is 6.61 Å². The van der Waals surface area contributed by atoms with E-state index in [0.29, 0.717) is 5.56 Å². The third-order valence-electron chi connectivity index (χ3n) is 2.23. The van der Waals surface area contributed by atoms with Gasteiger partial charge in [0.1, 0.15) is 6.29 Å². The molecule has 0 atom stereocenters. The van der Waals surface area contributed by atoms with Crippen LogP contribution in [0.25, 0.3) is 10.1 Å². The van der Waals surface area contributed by atoms with Crippen molar-refractivity contribution in [3.63, 3.8) is 0 Å². The number of rotatable bonds is 2. The Morgan fingerprint density at radius 3 is 2.93 bits per heavy atom. The fourth-order valence-corrected chi connectivity index (χ4v) is 2.64. The van der Waals surface area contributed by atoms with Gasteiger partial charge in [0, 0.05) is 20.7 Å². The molecule has 0 fully saturated rings. The van der Waals surface area contributed by atoms with Gasteiger partial charge in [0.2, 0.25) is 0 Å². The summed E-state index contributed by atoms with van der Waals surface area (Å²) in [6.45, 7) is 1.94. The maximum absolute atomic E-state index is 10.7. The molecule has 2 aromatic rings. The number of fused-ring (bicyclic) bond motifs is 1. The fraction of sp³-hybridized carbons (Fsp3) is 0.182. The van der Waals surface area contributed by atoms with Crippen molar-refractivity contribution in [1.82, 2.24) is 0 Å². The van der Waals surface area contributed by atoms with Crippen molar-refractivity contribution in [3.05, 3.63) is 34.2 Å². The molecule has 0 amide bonds. The van der Waals surface area contributed by atoms with Crippen molar-refractivity contribution < 1.29 is 9.90 Å². The molecule has 1 heterocycles. The average molecular weight is 206 g/mol. The van der Waals surface area contributed by atoms with Crippen molar-refractivity contribution in [2.75, 3.05) is 0 Å². The number of aryl methyl sites for hydroxylation is 1. The van der Waals surface area contributed by atoms with Gasteiger partial charge < -0.3 is 5.11 Å². The molecular formula is C11H10O2S. The van der Waals surface area contributed by atoms with Crippen molar-refractivity contribution in [2.45, 2.75) is 13.5 Å². The van der Waals surface area contributed by atoms with Crippen LogP contribution in [0, 0.1) is 6.92 Å². The summed E-state index contributed by atoms with van der Waals surface area (Å²) in [6.07, 6.45) is 0.792. The topological polar surface area (TPSA) is 37.3 Å². The summed E-state index contributed by atoms with van der Waals surface area (Å²) in [5.74, 6) is 0. The Balaban J connectivity index is 2.82. The minimum absolute atomic E-state index is 0.0780. The van der Waals surface area contributed by atoms with Gasteiger partial charge in [-0.05, 0) is 18.4 Å². The van der Waals surface area contributed by atoms with Crippen molar-refractivity contribution in [2.24, 2.45) is 0 Å². The van der Waals surface area contributed by atoms with Gasteiger partial charge in [-0.15, -0.1) is 11.3 Å². The van der Waals surface area contributed by atoms with Crippen LogP contribution in [0.4, 0.5) is 0 Å². The number of carbonyl (C=O) groups excluding carboxylic acids is 1. The van der Waals surface area contributed by atoms with E-state index in [4.69, 9.17) is 0 Å². The van der Waals surface area contributed by atoms with Crippen molar-refractivity contribution >= 4 is 27.7 Å². The largest absolute Gasteiger partial charge is 0.392 e. The average Bonchev–Trinajstić information content (AvgIpc) is 2.56. The van der Waals surface area contributed by atoms with Crippen molar-refractivity contribution in [3.8, 4) is 0 Å². The second kappa shape index (κ2) is 3.52. The molecule has 0 spiro atoms. The number of aldehydes is 1. The van der Waals surface area contributed by atoms with E-state index in [0.717, 1.165) is 21.9 Å². The quantitative estimate of drug-likeness (QED) is 0.766. The maximum atomic E-state index is 10.7. The molecule has 72 valence electrons. The summed E-state index contributed by atoms with van der Waals surface area (Å²) in [7, 11) is 0. The van der Waals surface area contributed by atoms with Crippen LogP contribution in [0.15, 0.2) is 18.2 Å². The summed E-state index contributed by atoms with van der Waals surface area (Å²) < 4.78 is 1.02.